The molecule has 1 aliphatic heterocycles. The smallest absolute Gasteiger partial charge is 0.271 e. The summed E-state index contributed by atoms with van der Waals surface area (Å²) in [7, 11) is 0. The Morgan fingerprint density at radius 1 is 1.47 bits per heavy atom. The molecule has 1 unspecified atom stereocenters. The lowest BCUT2D eigenvalue weighted by atomic mass is 10.1. The van der Waals surface area contributed by atoms with Crippen molar-refractivity contribution in [1.29, 1.82) is 0 Å². The third-order valence-corrected chi connectivity index (χ3v) is 4.43. The molecule has 0 aliphatic carbocycles. The average Bonchev–Trinajstić information content (AvgIpc) is 2.92. The number of amides is 1. The summed E-state index contributed by atoms with van der Waals surface area (Å²) in [6, 6.07) is 8.38. The van der Waals surface area contributed by atoms with E-state index in [-0.39, 0.29) is 5.69 Å². The van der Waals surface area contributed by atoms with Gasteiger partial charge in [0.1, 0.15) is 0 Å². The van der Waals surface area contributed by atoms with Crippen molar-refractivity contribution in [3.8, 4) is 0 Å². The first kappa shape index (κ1) is 12.1. The minimum absolute atomic E-state index is 0.153. The first-order valence-electron chi connectivity index (χ1n) is 6.01. The number of carbonyl (C=O) groups is 1. The van der Waals surface area contributed by atoms with Crippen LogP contribution < -0.4 is 11.5 Å². The van der Waals surface area contributed by atoms with Crippen molar-refractivity contribution < 1.29 is 4.79 Å². The van der Waals surface area contributed by atoms with Crippen molar-refractivity contribution in [3.63, 3.8) is 0 Å². The minimum atomic E-state index is -0.585. The summed E-state index contributed by atoms with van der Waals surface area (Å²) in [4.78, 5) is 12.4. The predicted octanol–water partition coefficient (Wildman–Crippen LogP) is 1.28. The zero-order valence-corrected chi connectivity index (χ0v) is 11.1. The van der Waals surface area contributed by atoms with Crippen LogP contribution in [-0.4, -0.2) is 20.9 Å². The summed E-state index contributed by atoms with van der Waals surface area (Å²) in [5.74, 6) is -0.585. The second kappa shape index (κ2) is 4.62. The zero-order chi connectivity index (χ0) is 13.4. The minimum Gasteiger partial charge on any atom is -0.396 e. The highest BCUT2D eigenvalue weighted by Crippen LogP contribution is 2.37. The van der Waals surface area contributed by atoms with E-state index in [1.54, 1.807) is 10.9 Å². The third-order valence-electron chi connectivity index (χ3n) is 3.13. The van der Waals surface area contributed by atoms with Gasteiger partial charge in [0.2, 0.25) is 0 Å². The van der Waals surface area contributed by atoms with Gasteiger partial charge in [0.25, 0.3) is 5.91 Å². The molecule has 0 saturated heterocycles. The van der Waals surface area contributed by atoms with Crippen molar-refractivity contribution in [2.75, 3.05) is 5.73 Å². The molecule has 0 fully saturated rings. The molecule has 1 atom stereocenters. The average molecular weight is 274 g/mol. The third kappa shape index (κ3) is 2.31. The monoisotopic (exact) mass is 274 g/mol. The number of nitrogen functional groups attached to an aromatic ring is 1. The summed E-state index contributed by atoms with van der Waals surface area (Å²) in [5.41, 5.74) is 12.8. The molecule has 1 aliphatic rings. The van der Waals surface area contributed by atoms with E-state index in [0.29, 0.717) is 10.9 Å². The van der Waals surface area contributed by atoms with Crippen LogP contribution in [0.1, 0.15) is 16.1 Å². The highest BCUT2D eigenvalue weighted by molar-refractivity contribution is 8.00. The van der Waals surface area contributed by atoms with E-state index in [1.165, 1.54) is 10.5 Å². The van der Waals surface area contributed by atoms with Crippen molar-refractivity contribution in [3.05, 3.63) is 41.7 Å². The Labute approximate surface area is 115 Å². The van der Waals surface area contributed by atoms with Gasteiger partial charge in [-0.3, -0.25) is 9.48 Å². The van der Waals surface area contributed by atoms with Crippen LogP contribution in [0.4, 0.5) is 5.69 Å². The quantitative estimate of drug-likeness (QED) is 0.882. The molecule has 5 nitrogen and oxygen atoms in total. The van der Waals surface area contributed by atoms with Gasteiger partial charge in [-0.05, 0) is 18.1 Å². The number of hydrogen-bond acceptors (Lipinski definition) is 4. The maximum atomic E-state index is 11.1. The molecule has 0 saturated carbocycles. The van der Waals surface area contributed by atoms with Gasteiger partial charge in [-0.1, -0.05) is 18.2 Å². The molecule has 2 aromatic rings. The van der Waals surface area contributed by atoms with Crippen LogP contribution in [0.2, 0.25) is 0 Å². The molecule has 4 N–H and O–H groups in total. The fourth-order valence-electron chi connectivity index (χ4n) is 2.29. The number of anilines is 1. The first-order chi connectivity index (χ1) is 9.13. The number of hydrogen-bond donors (Lipinski definition) is 2. The second-order valence-electron chi connectivity index (χ2n) is 4.57. The van der Waals surface area contributed by atoms with Crippen LogP contribution >= 0.6 is 11.8 Å². The Morgan fingerprint density at radius 3 is 2.95 bits per heavy atom. The molecule has 98 valence electrons. The number of thioether (sulfide) groups is 1. The van der Waals surface area contributed by atoms with Crippen molar-refractivity contribution in [2.45, 2.75) is 23.1 Å². The van der Waals surface area contributed by atoms with Gasteiger partial charge in [0.05, 0.1) is 12.2 Å². The SMILES string of the molecule is NC(=O)c1nn(CC2Cc3ccccc3S2)cc1N. The van der Waals surface area contributed by atoms with Gasteiger partial charge in [-0.15, -0.1) is 11.8 Å². The van der Waals surface area contributed by atoms with Crippen LogP contribution in [0.15, 0.2) is 35.4 Å². The van der Waals surface area contributed by atoms with Crippen LogP contribution in [0.3, 0.4) is 0 Å². The highest BCUT2D eigenvalue weighted by Gasteiger charge is 2.23. The summed E-state index contributed by atoms with van der Waals surface area (Å²) < 4.78 is 1.71. The Morgan fingerprint density at radius 2 is 2.26 bits per heavy atom. The molecular weight excluding hydrogens is 260 g/mol. The Kier molecular flexibility index (Phi) is 2.94. The molecule has 1 amide bonds. The first-order valence-corrected chi connectivity index (χ1v) is 6.89. The van der Waals surface area contributed by atoms with Gasteiger partial charge >= 0.3 is 0 Å². The van der Waals surface area contributed by atoms with Crippen LogP contribution in [0.5, 0.6) is 0 Å². The molecule has 0 spiro atoms. The number of nitrogens with two attached hydrogens (primary N) is 2. The van der Waals surface area contributed by atoms with Crippen LogP contribution in [-0.2, 0) is 13.0 Å². The van der Waals surface area contributed by atoms with E-state index < -0.39 is 5.91 Å². The van der Waals surface area contributed by atoms with Crippen molar-refractivity contribution in [2.24, 2.45) is 5.73 Å². The standard InChI is InChI=1S/C13H14N4OS/c14-10-7-17(16-12(10)13(15)18)6-9-5-8-3-1-2-4-11(8)19-9/h1-4,7,9H,5-6,14H2,(H2,15,18). The maximum Gasteiger partial charge on any atom is 0.271 e. The normalized spacial score (nSPS) is 17.4. The number of fused-ring (bicyclic) bond motifs is 1. The van der Waals surface area contributed by atoms with Crippen LogP contribution in [0, 0.1) is 0 Å². The molecule has 3 rings (SSSR count). The largest absolute Gasteiger partial charge is 0.396 e. The summed E-state index contributed by atoms with van der Waals surface area (Å²) in [5, 5.41) is 4.55. The van der Waals surface area contributed by atoms with Gasteiger partial charge in [0, 0.05) is 16.3 Å². The Hall–Kier alpha value is -1.95. The molecule has 2 heterocycles. The van der Waals surface area contributed by atoms with Crippen molar-refractivity contribution >= 4 is 23.4 Å². The predicted molar refractivity (Wildman–Crippen MR) is 74.9 cm³/mol. The number of benzene rings is 1. The molecule has 6 heteroatoms. The molecular formula is C13H14N4OS. The lowest BCUT2D eigenvalue weighted by Gasteiger charge is -2.07. The number of primary amides is 1. The molecule has 0 radical (unpaired) electrons. The second-order valence-corrected chi connectivity index (χ2v) is 5.91. The number of nitrogens with zero attached hydrogens (tertiary/aromatic N) is 2. The van der Waals surface area contributed by atoms with Gasteiger partial charge in [0.15, 0.2) is 5.69 Å². The lowest BCUT2D eigenvalue weighted by Crippen LogP contribution is -2.16. The summed E-state index contributed by atoms with van der Waals surface area (Å²) >= 11 is 1.84. The van der Waals surface area contributed by atoms with Crippen LogP contribution in [0.25, 0.3) is 0 Å². The summed E-state index contributed by atoms with van der Waals surface area (Å²) in [6.07, 6.45) is 2.68. The van der Waals surface area contributed by atoms with E-state index in [1.807, 2.05) is 17.8 Å². The lowest BCUT2D eigenvalue weighted by molar-refractivity contribution is 0.0995. The fraction of sp³-hybridized carbons (Fsp3) is 0.231. The maximum absolute atomic E-state index is 11.1. The van der Waals surface area contributed by atoms with Crippen molar-refractivity contribution in [1.82, 2.24) is 9.78 Å². The van der Waals surface area contributed by atoms with Gasteiger partial charge in [-0.25, -0.2) is 0 Å². The fourth-order valence-corrected chi connectivity index (χ4v) is 3.60. The number of carbonyl (C=O) groups excluding carboxylic acids is 1. The Balaban J connectivity index is 1.74. The van der Waals surface area contributed by atoms with E-state index in [0.717, 1.165) is 13.0 Å². The molecule has 1 aromatic heterocycles. The topological polar surface area (TPSA) is 86.9 Å². The van der Waals surface area contributed by atoms with E-state index in [2.05, 4.69) is 23.3 Å². The molecule has 1 aromatic carbocycles. The van der Waals surface area contributed by atoms with E-state index in [4.69, 9.17) is 11.5 Å². The Bertz CT molecular complexity index is 612. The number of rotatable bonds is 3. The zero-order valence-electron chi connectivity index (χ0n) is 10.2. The van der Waals surface area contributed by atoms with E-state index in [9.17, 15) is 4.79 Å². The van der Waals surface area contributed by atoms with E-state index >= 15 is 0 Å². The van der Waals surface area contributed by atoms with Gasteiger partial charge < -0.3 is 11.5 Å². The summed E-state index contributed by atoms with van der Waals surface area (Å²) in [6.45, 7) is 0.719. The molecule has 19 heavy (non-hydrogen) atoms. The highest BCUT2D eigenvalue weighted by atomic mass is 32.2. The number of aromatic nitrogens is 2. The molecule has 0 bridgehead atoms. The van der Waals surface area contributed by atoms with Gasteiger partial charge in [-0.2, -0.15) is 5.10 Å².